The molecule has 0 spiro atoms. The van der Waals surface area contributed by atoms with Crippen LogP contribution in [-0.2, 0) is 4.79 Å². The summed E-state index contributed by atoms with van der Waals surface area (Å²) in [6.45, 7) is 4.63. The van der Waals surface area contributed by atoms with Gasteiger partial charge in [-0.3, -0.25) is 9.59 Å². The first-order chi connectivity index (χ1) is 12.5. The first kappa shape index (κ1) is 21.0. The number of nitrogens with one attached hydrogen (secondary N) is 1. The fourth-order valence-corrected chi connectivity index (χ4v) is 2.56. The zero-order chi connectivity index (χ0) is 20.4. The molecule has 9 heteroatoms. The number of primary amides is 1. The number of pyridine rings is 1. The Morgan fingerprint density at radius 2 is 1.93 bits per heavy atom. The van der Waals surface area contributed by atoms with Crippen LogP contribution < -0.4 is 15.8 Å². The zero-order valence-corrected chi connectivity index (χ0v) is 15.5. The summed E-state index contributed by atoms with van der Waals surface area (Å²) in [5, 5.41) is 2.49. The van der Waals surface area contributed by atoms with Crippen molar-refractivity contribution in [1.29, 1.82) is 0 Å². The summed E-state index contributed by atoms with van der Waals surface area (Å²) in [5.74, 6) is -1.38. The minimum Gasteiger partial charge on any atom is -0.465 e. The number of rotatable bonds is 8. The summed E-state index contributed by atoms with van der Waals surface area (Å²) in [7, 11) is 0. The molecule has 1 aromatic heterocycles. The molecule has 1 aliphatic carbocycles. The number of carbonyl (C=O) groups is 2. The Morgan fingerprint density at radius 3 is 2.41 bits per heavy atom. The molecule has 2 atom stereocenters. The van der Waals surface area contributed by atoms with Gasteiger partial charge >= 0.3 is 6.18 Å². The van der Waals surface area contributed by atoms with E-state index in [-0.39, 0.29) is 23.4 Å². The van der Waals surface area contributed by atoms with E-state index in [1.165, 1.54) is 6.07 Å². The topological polar surface area (TPSA) is 94.3 Å². The van der Waals surface area contributed by atoms with Crippen LogP contribution >= 0.6 is 0 Å². The van der Waals surface area contributed by atoms with E-state index >= 15 is 0 Å². The highest BCUT2D eigenvalue weighted by molar-refractivity contribution is 5.96. The molecule has 1 heterocycles. The van der Waals surface area contributed by atoms with Gasteiger partial charge in [0.1, 0.15) is 11.7 Å². The fraction of sp³-hybridized carbons (Fsp3) is 0.611. The number of carbonyl (C=O) groups excluding carboxylic acids is 2. The average molecular weight is 387 g/mol. The molecule has 2 unspecified atom stereocenters. The SMILES string of the molecule is CC(C)CC(NC(=O)c1ccc(C2CC2)c(OC(C)C(F)(F)F)n1)C(N)=O. The van der Waals surface area contributed by atoms with E-state index < -0.39 is 30.1 Å². The van der Waals surface area contributed by atoms with Gasteiger partial charge in [-0.2, -0.15) is 13.2 Å². The molecule has 1 fully saturated rings. The van der Waals surface area contributed by atoms with Crippen LogP contribution in [0.1, 0.15) is 62.0 Å². The van der Waals surface area contributed by atoms with Gasteiger partial charge in [0.15, 0.2) is 6.10 Å². The van der Waals surface area contributed by atoms with E-state index in [0.29, 0.717) is 12.0 Å². The number of amides is 2. The molecule has 3 N–H and O–H groups in total. The lowest BCUT2D eigenvalue weighted by atomic mass is 10.0. The van der Waals surface area contributed by atoms with Crippen LogP contribution in [0.4, 0.5) is 13.2 Å². The Morgan fingerprint density at radius 1 is 1.30 bits per heavy atom. The minimum absolute atomic E-state index is 0.0874. The standard InChI is InChI=1S/C18H24F3N3O3/c1-9(2)8-14(15(22)25)23-16(26)13-7-6-12(11-4-5-11)17(24-13)27-10(3)18(19,20)21/h6-7,9-11,14H,4-5,8H2,1-3H3,(H2,22,25)(H,23,26). The van der Waals surface area contributed by atoms with Gasteiger partial charge in [-0.15, -0.1) is 0 Å². The molecular formula is C18H24F3N3O3. The molecule has 0 radical (unpaired) electrons. The molecule has 150 valence electrons. The predicted octanol–water partition coefficient (Wildman–Crippen LogP) is 2.92. The fourth-order valence-electron chi connectivity index (χ4n) is 2.56. The molecule has 1 aromatic rings. The number of alkyl halides is 3. The van der Waals surface area contributed by atoms with E-state index in [9.17, 15) is 22.8 Å². The quantitative estimate of drug-likeness (QED) is 0.717. The molecule has 27 heavy (non-hydrogen) atoms. The summed E-state index contributed by atoms with van der Waals surface area (Å²) in [5.41, 5.74) is 5.73. The Hall–Kier alpha value is -2.32. The molecule has 0 aromatic carbocycles. The van der Waals surface area contributed by atoms with Crippen LogP contribution in [0.25, 0.3) is 0 Å². The van der Waals surface area contributed by atoms with Crippen LogP contribution in [0.3, 0.4) is 0 Å². The Labute approximate surface area is 155 Å². The first-order valence-electron chi connectivity index (χ1n) is 8.83. The van der Waals surface area contributed by atoms with Crippen molar-refractivity contribution in [3.05, 3.63) is 23.4 Å². The molecule has 0 bridgehead atoms. The highest BCUT2D eigenvalue weighted by Gasteiger charge is 2.39. The van der Waals surface area contributed by atoms with E-state index in [2.05, 4.69) is 10.3 Å². The summed E-state index contributed by atoms with van der Waals surface area (Å²) in [6.07, 6.45) is -4.59. The number of nitrogens with zero attached hydrogens (tertiary/aromatic N) is 1. The molecule has 2 amide bonds. The van der Waals surface area contributed by atoms with Gasteiger partial charge in [0.2, 0.25) is 11.8 Å². The number of ether oxygens (including phenoxy) is 1. The predicted molar refractivity (Wildman–Crippen MR) is 92.3 cm³/mol. The van der Waals surface area contributed by atoms with Gasteiger partial charge in [-0.25, -0.2) is 4.98 Å². The molecule has 0 saturated heterocycles. The van der Waals surface area contributed by atoms with Crippen molar-refractivity contribution >= 4 is 11.8 Å². The summed E-state index contributed by atoms with van der Waals surface area (Å²) in [6, 6.07) is 2.09. The van der Waals surface area contributed by atoms with Crippen molar-refractivity contribution in [2.45, 2.75) is 64.3 Å². The highest BCUT2D eigenvalue weighted by Crippen LogP contribution is 2.44. The molecule has 1 saturated carbocycles. The van der Waals surface area contributed by atoms with Gasteiger partial charge < -0.3 is 15.8 Å². The second-order valence-corrected chi connectivity index (χ2v) is 7.22. The molecule has 0 aliphatic heterocycles. The second kappa shape index (κ2) is 8.14. The van der Waals surface area contributed by atoms with Crippen LogP contribution in [0.5, 0.6) is 5.88 Å². The maximum absolute atomic E-state index is 12.8. The molecule has 6 nitrogen and oxygen atoms in total. The first-order valence-corrected chi connectivity index (χ1v) is 8.83. The Kier molecular flexibility index (Phi) is 6.33. The third-order valence-electron chi connectivity index (χ3n) is 4.24. The zero-order valence-electron chi connectivity index (χ0n) is 15.5. The third-order valence-corrected chi connectivity index (χ3v) is 4.24. The van der Waals surface area contributed by atoms with Crippen LogP contribution in [0.15, 0.2) is 12.1 Å². The van der Waals surface area contributed by atoms with Crippen molar-refractivity contribution in [2.24, 2.45) is 11.7 Å². The van der Waals surface area contributed by atoms with Gasteiger partial charge in [0.05, 0.1) is 0 Å². The average Bonchev–Trinajstić information content (AvgIpc) is 3.37. The largest absolute Gasteiger partial charge is 0.465 e. The highest BCUT2D eigenvalue weighted by atomic mass is 19.4. The lowest BCUT2D eigenvalue weighted by molar-refractivity contribution is -0.190. The number of hydrogen-bond acceptors (Lipinski definition) is 4. The number of nitrogens with two attached hydrogens (primary N) is 1. The van der Waals surface area contributed by atoms with Crippen LogP contribution in [0.2, 0.25) is 0 Å². The molecular weight excluding hydrogens is 363 g/mol. The van der Waals surface area contributed by atoms with Gasteiger partial charge in [-0.1, -0.05) is 19.9 Å². The maximum atomic E-state index is 12.8. The lowest BCUT2D eigenvalue weighted by Gasteiger charge is -2.20. The van der Waals surface area contributed by atoms with Crippen molar-refractivity contribution in [3.63, 3.8) is 0 Å². The van der Waals surface area contributed by atoms with Crippen LogP contribution in [0, 0.1) is 5.92 Å². The van der Waals surface area contributed by atoms with Crippen molar-refractivity contribution in [3.8, 4) is 5.88 Å². The number of halogens is 3. The normalized spacial score (nSPS) is 16.7. The molecule has 1 aliphatic rings. The van der Waals surface area contributed by atoms with E-state index in [0.717, 1.165) is 19.8 Å². The Balaban J connectivity index is 2.22. The van der Waals surface area contributed by atoms with Crippen LogP contribution in [-0.4, -0.2) is 35.1 Å². The molecule has 2 rings (SSSR count). The monoisotopic (exact) mass is 387 g/mol. The van der Waals surface area contributed by atoms with Crippen molar-refractivity contribution < 1.29 is 27.5 Å². The third kappa shape index (κ3) is 5.83. The van der Waals surface area contributed by atoms with Crippen molar-refractivity contribution in [1.82, 2.24) is 10.3 Å². The van der Waals surface area contributed by atoms with E-state index in [1.807, 2.05) is 13.8 Å². The smallest absolute Gasteiger partial charge is 0.425 e. The summed E-state index contributed by atoms with van der Waals surface area (Å²) in [4.78, 5) is 27.9. The number of hydrogen-bond donors (Lipinski definition) is 2. The maximum Gasteiger partial charge on any atom is 0.425 e. The summed E-state index contributed by atoms with van der Waals surface area (Å²) < 4.78 is 43.5. The Bertz CT molecular complexity index is 703. The minimum atomic E-state index is -4.55. The second-order valence-electron chi connectivity index (χ2n) is 7.22. The van der Waals surface area contributed by atoms with E-state index in [4.69, 9.17) is 10.5 Å². The van der Waals surface area contributed by atoms with Gasteiger partial charge in [0, 0.05) is 5.56 Å². The summed E-state index contributed by atoms with van der Waals surface area (Å²) >= 11 is 0. The number of aromatic nitrogens is 1. The van der Waals surface area contributed by atoms with E-state index in [1.54, 1.807) is 6.07 Å². The van der Waals surface area contributed by atoms with Crippen molar-refractivity contribution in [2.75, 3.05) is 0 Å². The van der Waals surface area contributed by atoms with Gasteiger partial charge in [0.25, 0.3) is 5.91 Å². The lowest BCUT2D eigenvalue weighted by Crippen LogP contribution is -2.45. The van der Waals surface area contributed by atoms with Gasteiger partial charge in [-0.05, 0) is 44.1 Å².